The number of hydrogen-bond acceptors (Lipinski definition) is 5. The van der Waals surface area contributed by atoms with Crippen LogP contribution in [0.5, 0.6) is 5.75 Å². The molecule has 0 spiro atoms. The van der Waals surface area contributed by atoms with Gasteiger partial charge in [-0.15, -0.1) is 0 Å². The predicted octanol–water partition coefficient (Wildman–Crippen LogP) is 1.11. The quantitative estimate of drug-likeness (QED) is 0.599. The molecule has 1 atom stereocenters. The number of ether oxygens (including phenoxy) is 2. The van der Waals surface area contributed by atoms with Crippen molar-refractivity contribution in [2.75, 3.05) is 47.4 Å². The van der Waals surface area contributed by atoms with Gasteiger partial charge in [-0.05, 0) is 39.7 Å². The Morgan fingerprint density at radius 1 is 1.29 bits per heavy atom. The van der Waals surface area contributed by atoms with Crippen molar-refractivity contribution in [2.24, 2.45) is 0 Å². The van der Waals surface area contributed by atoms with E-state index in [-0.39, 0.29) is 0 Å². The van der Waals surface area contributed by atoms with Gasteiger partial charge in [0.05, 0.1) is 26.4 Å². The van der Waals surface area contributed by atoms with E-state index < -0.39 is 6.10 Å². The van der Waals surface area contributed by atoms with E-state index in [4.69, 9.17) is 9.47 Å². The molecular formula is C16H28N2O3. The lowest BCUT2D eigenvalue weighted by Gasteiger charge is -2.14. The predicted molar refractivity (Wildman–Crippen MR) is 84.7 cm³/mol. The van der Waals surface area contributed by atoms with Gasteiger partial charge in [0.1, 0.15) is 5.75 Å². The largest absolute Gasteiger partial charge is 0.496 e. The molecule has 1 aromatic rings. The fourth-order valence-electron chi connectivity index (χ4n) is 1.98. The zero-order valence-electron chi connectivity index (χ0n) is 13.3. The van der Waals surface area contributed by atoms with Gasteiger partial charge in [-0.25, -0.2) is 0 Å². The first-order chi connectivity index (χ1) is 10.1. The van der Waals surface area contributed by atoms with Crippen LogP contribution in [0.25, 0.3) is 0 Å². The lowest BCUT2D eigenvalue weighted by molar-refractivity contribution is 0.0282. The zero-order chi connectivity index (χ0) is 15.5. The highest BCUT2D eigenvalue weighted by atomic mass is 16.5. The molecule has 5 nitrogen and oxygen atoms in total. The van der Waals surface area contributed by atoms with E-state index in [0.29, 0.717) is 19.8 Å². The molecule has 0 aromatic heterocycles. The molecule has 0 fully saturated rings. The zero-order valence-corrected chi connectivity index (χ0v) is 13.3. The summed E-state index contributed by atoms with van der Waals surface area (Å²) in [6.07, 6.45) is 0.584. The third-order valence-electron chi connectivity index (χ3n) is 3.10. The van der Waals surface area contributed by atoms with Gasteiger partial charge in [0, 0.05) is 12.1 Å². The van der Waals surface area contributed by atoms with Gasteiger partial charge >= 0.3 is 0 Å². The standard InChI is InChI=1S/C16H28N2O3/c1-18(2)10-6-9-17-11-15(19)13-21-12-14-7-4-5-8-16(14)20-3/h4-5,7-8,15,17,19H,6,9-13H2,1-3H3/t15-/m1/s1. The van der Waals surface area contributed by atoms with Crippen LogP contribution in [0.2, 0.25) is 0 Å². The molecule has 21 heavy (non-hydrogen) atoms. The first kappa shape index (κ1) is 17.9. The number of aliphatic hydroxyl groups is 1. The summed E-state index contributed by atoms with van der Waals surface area (Å²) in [5.74, 6) is 0.814. The summed E-state index contributed by atoms with van der Waals surface area (Å²) in [7, 11) is 5.76. The van der Waals surface area contributed by atoms with Crippen LogP contribution in [-0.2, 0) is 11.3 Å². The maximum atomic E-state index is 9.83. The van der Waals surface area contributed by atoms with Crippen LogP contribution in [0.4, 0.5) is 0 Å². The number of para-hydroxylation sites is 1. The molecule has 0 amide bonds. The minimum Gasteiger partial charge on any atom is -0.496 e. The molecule has 0 heterocycles. The van der Waals surface area contributed by atoms with Crippen molar-refractivity contribution < 1.29 is 14.6 Å². The highest BCUT2D eigenvalue weighted by Crippen LogP contribution is 2.17. The summed E-state index contributed by atoms with van der Waals surface area (Å²) in [5, 5.41) is 13.1. The van der Waals surface area contributed by atoms with E-state index in [9.17, 15) is 5.11 Å². The van der Waals surface area contributed by atoms with Crippen molar-refractivity contribution in [3.63, 3.8) is 0 Å². The van der Waals surface area contributed by atoms with E-state index in [2.05, 4.69) is 24.3 Å². The lowest BCUT2D eigenvalue weighted by Crippen LogP contribution is -2.32. The summed E-state index contributed by atoms with van der Waals surface area (Å²) in [5.41, 5.74) is 0.992. The van der Waals surface area contributed by atoms with E-state index in [1.807, 2.05) is 24.3 Å². The molecule has 0 saturated heterocycles. The Hall–Kier alpha value is -1.14. The molecule has 0 aliphatic rings. The number of aliphatic hydroxyl groups excluding tert-OH is 1. The Kier molecular flexibility index (Phi) is 9.01. The molecule has 120 valence electrons. The monoisotopic (exact) mass is 296 g/mol. The van der Waals surface area contributed by atoms with Crippen molar-refractivity contribution in [2.45, 2.75) is 19.1 Å². The smallest absolute Gasteiger partial charge is 0.124 e. The molecule has 0 radical (unpaired) electrons. The highest BCUT2D eigenvalue weighted by Gasteiger charge is 2.06. The fourth-order valence-corrected chi connectivity index (χ4v) is 1.98. The summed E-state index contributed by atoms with van der Waals surface area (Å²) in [4.78, 5) is 2.15. The minimum atomic E-state index is -0.487. The number of methoxy groups -OCH3 is 1. The van der Waals surface area contributed by atoms with Crippen molar-refractivity contribution >= 4 is 0 Å². The molecule has 2 N–H and O–H groups in total. The van der Waals surface area contributed by atoms with E-state index >= 15 is 0 Å². The highest BCUT2D eigenvalue weighted by molar-refractivity contribution is 5.32. The van der Waals surface area contributed by atoms with Gasteiger partial charge in [-0.2, -0.15) is 0 Å². The van der Waals surface area contributed by atoms with E-state index in [0.717, 1.165) is 30.8 Å². The number of nitrogens with zero attached hydrogens (tertiary/aromatic N) is 1. The molecule has 0 aliphatic carbocycles. The maximum absolute atomic E-state index is 9.83. The van der Waals surface area contributed by atoms with Crippen molar-refractivity contribution in [3.05, 3.63) is 29.8 Å². The summed E-state index contributed by atoms with van der Waals surface area (Å²) < 4.78 is 10.8. The number of nitrogens with one attached hydrogen (secondary N) is 1. The van der Waals surface area contributed by atoms with Crippen molar-refractivity contribution in [3.8, 4) is 5.75 Å². The fraction of sp³-hybridized carbons (Fsp3) is 0.625. The summed E-state index contributed by atoms with van der Waals surface area (Å²) in [6.45, 7) is 3.27. The second-order valence-electron chi connectivity index (χ2n) is 5.34. The second kappa shape index (κ2) is 10.6. The Labute approximate surface area is 127 Å². The summed E-state index contributed by atoms with van der Waals surface area (Å²) >= 11 is 0. The van der Waals surface area contributed by atoms with Crippen LogP contribution in [0.1, 0.15) is 12.0 Å². The van der Waals surface area contributed by atoms with Crippen LogP contribution in [0.15, 0.2) is 24.3 Å². The first-order valence-corrected chi connectivity index (χ1v) is 7.36. The van der Waals surface area contributed by atoms with Crippen molar-refractivity contribution in [1.29, 1.82) is 0 Å². The Morgan fingerprint density at radius 2 is 2.05 bits per heavy atom. The second-order valence-corrected chi connectivity index (χ2v) is 5.34. The molecule has 0 saturated carbocycles. The molecule has 0 bridgehead atoms. The molecule has 5 heteroatoms. The van der Waals surface area contributed by atoms with Gasteiger partial charge in [0.2, 0.25) is 0 Å². The molecule has 0 aliphatic heterocycles. The van der Waals surface area contributed by atoms with Gasteiger partial charge in [0.25, 0.3) is 0 Å². The SMILES string of the molecule is COc1ccccc1COC[C@H](O)CNCCCN(C)C. The van der Waals surface area contributed by atoms with Crippen LogP contribution in [0.3, 0.4) is 0 Å². The van der Waals surface area contributed by atoms with Gasteiger partial charge in [0.15, 0.2) is 0 Å². The maximum Gasteiger partial charge on any atom is 0.124 e. The topological polar surface area (TPSA) is 54.0 Å². The van der Waals surface area contributed by atoms with E-state index in [1.165, 1.54) is 0 Å². The van der Waals surface area contributed by atoms with Crippen LogP contribution < -0.4 is 10.1 Å². The average Bonchev–Trinajstić information content (AvgIpc) is 2.47. The summed E-state index contributed by atoms with van der Waals surface area (Å²) in [6, 6.07) is 7.74. The van der Waals surface area contributed by atoms with Crippen LogP contribution in [0, 0.1) is 0 Å². The Morgan fingerprint density at radius 3 is 2.76 bits per heavy atom. The van der Waals surface area contributed by atoms with Crippen LogP contribution in [-0.4, -0.2) is 63.6 Å². The van der Waals surface area contributed by atoms with Crippen molar-refractivity contribution in [1.82, 2.24) is 10.2 Å². The normalized spacial score (nSPS) is 12.6. The number of hydrogen-bond donors (Lipinski definition) is 2. The third-order valence-corrected chi connectivity index (χ3v) is 3.10. The van der Waals surface area contributed by atoms with Crippen LogP contribution >= 0.6 is 0 Å². The third kappa shape index (κ3) is 8.02. The molecule has 1 aromatic carbocycles. The first-order valence-electron chi connectivity index (χ1n) is 7.36. The van der Waals surface area contributed by atoms with Gasteiger partial charge in [-0.1, -0.05) is 18.2 Å². The van der Waals surface area contributed by atoms with E-state index in [1.54, 1.807) is 7.11 Å². The molecule has 0 unspecified atom stereocenters. The van der Waals surface area contributed by atoms with Gasteiger partial charge < -0.3 is 24.8 Å². The van der Waals surface area contributed by atoms with Gasteiger partial charge in [-0.3, -0.25) is 0 Å². The molecule has 1 rings (SSSR count). The average molecular weight is 296 g/mol. The Bertz CT molecular complexity index is 386. The lowest BCUT2D eigenvalue weighted by atomic mass is 10.2. The minimum absolute atomic E-state index is 0.318. The number of benzene rings is 1. The Balaban J connectivity index is 2.11. The number of rotatable bonds is 11. The molecular weight excluding hydrogens is 268 g/mol.